The van der Waals surface area contributed by atoms with Crippen molar-refractivity contribution < 1.29 is 24.2 Å². The van der Waals surface area contributed by atoms with Crippen LogP contribution in [0.1, 0.15) is 49.7 Å². The molecule has 0 saturated carbocycles. The maximum absolute atomic E-state index is 13.0. The number of hydrogen-bond donors (Lipinski definition) is 3. The van der Waals surface area contributed by atoms with Gasteiger partial charge in [0.25, 0.3) is 0 Å². The number of rotatable bonds is 12. The average Bonchev–Trinajstić information content (AvgIpc) is 3.13. The summed E-state index contributed by atoms with van der Waals surface area (Å²) in [6, 6.07) is 14.9. The Kier molecular flexibility index (Phi) is 9.25. The minimum atomic E-state index is -0.974. The Balaban J connectivity index is 1.65. The van der Waals surface area contributed by atoms with Crippen molar-refractivity contribution in [2.75, 3.05) is 27.2 Å². The summed E-state index contributed by atoms with van der Waals surface area (Å²) in [4.78, 5) is 38.8. The summed E-state index contributed by atoms with van der Waals surface area (Å²) in [5.41, 5.74) is 4.50. The lowest BCUT2D eigenvalue weighted by Crippen LogP contribution is -2.51. The molecule has 0 heterocycles. The third kappa shape index (κ3) is 7.05. The monoisotopic (exact) mass is 481 g/mol. The van der Waals surface area contributed by atoms with Gasteiger partial charge in [0.15, 0.2) is 0 Å². The molecule has 35 heavy (non-hydrogen) atoms. The Morgan fingerprint density at radius 2 is 1.57 bits per heavy atom. The highest BCUT2D eigenvalue weighted by Gasteiger charge is 2.30. The summed E-state index contributed by atoms with van der Waals surface area (Å²) in [7, 11) is 3.76. The van der Waals surface area contributed by atoms with Crippen molar-refractivity contribution in [3.8, 4) is 11.1 Å². The third-order valence-corrected chi connectivity index (χ3v) is 6.22. The van der Waals surface area contributed by atoms with Crippen LogP contribution in [0.25, 0.3) is 11.1 Å². The van der Waals surface area contributed by atoms with Crippen LogP contribution in [0.4, 0.5) is 4.79 Å². The molecule has 0 fully saturated rings. The van der Waals surface area contributed by atoms with E-state index in [1.165, 1.54) is 0 Å². The van der Waals surface area contributed by atoms with Gasteiger partial charge in [0, 0.05) is 12.0 Å². The molecule has 0 bridgehead atoms. The Bertz CT molecular complexity index is 993. The van der Waals surface area contributed by atoms with E-state index in [1.54, 1.807) is 0 Å². The molecule has 3 N–H and O–H groups in total. The number of fused-ring (bicyclic) bond motifs is 3. The number of ether oxygens (including phenoxy) is 1. The van der Waals surface area contributed by atoms with Crippen LogP contribution in [0.2, 0.25) is 0 Å². The molecule has 1 unspecified atom stereocenters. The van der Waals surface area contributed by atoms with Crippen LogP contribution < -0.4 is 10.6 Å². The molecule has 2 atom stereocenters. The second kappa shape index (κ2) is 12.4. The molecule has 0 aliphatic heterocycles. The Morgan fingerprint density at radius 1 is 0.971 bits per heavy atom. The fourth-order valence-corrected chi connectivity index (χ4v) is 4.52. The fourth-order valence-electron chi connectivity index (χ4n) is 4.52. The summed E-state index contributed by atoms with van der Waals surface area (Å²) < 4.78 is 5.61. The van der Waals surface area contributed by atoms with E-state index >= 15 is 0 Å². The summed E-state index contributed by atoms with van der Waals surface area (Å²) in [5, 5.41) is 14.6. The molecule has 0 saturated heterocycles. The molecule has 8 heteroatoms. The molecule has 2 aromatic rings. The van der Waals surface area contributed by atoms with E-state index in [-0.39, 0.29) is 18.9 Å². The van der Waals surface area contributed by atoms with Crippen molar-refractivity contribution in [3.63, 3.8) is 0 Å². The summed E-state index contributed by atoms with van der Waals surface area (Å²) in [5.74, 6) is -1.45. The normalized spacial score (nSPS) is 14.1. The topological polar surface area (TPSA) is 108 Å². The number of nitrogens with one attached hydrogen (secondary N) is 2. The molecule has 0 spiro atoms. The van der Waals surface area contributed by atoms with Gasteiger partial charge in [0.05, 0.1) is 6.42 Å². The average molecular weight is 482 g/mol. The lowest BCUT2D eigenvalue weighted by Gasteiger charge is -2.24. The lowest BCUT2D eigenvalue weighted by molar-refractivity contribution is -0.137. The SMILES string of the molecule is CCC[C@@H](CC(=O)O)NC(=O)C(CCN(C)C)NC(=O)OCC1c2ccccc2-c2ccccc21. The first-order valence-electron chi connectivity index (χ1n) is 12.1. The summed E-state index contributed by atoms with van der Waals surface area (Å²) in [6.07, 6.45) is 0.819. The van der Waals surface area contributed by atoms with Crippen molar-refractivity contribution >= 4 is 18.0 Å². The van der Waals surface area contributed by atoms with Crippen LogP contribution in [0.5, 0.6) is 0 Å². The smallest absolute Gasteiger partial charge is 0.407 e. The Labute approximate surface area is 206 Å². The zero-order valence-corrected chi connectivity index (χ0v) is 20.6. The van der Waals surface area contributed by atoms with E-state index in [1.807, 2.05) is 62.3 Å². The van der Waals surface area contributed by atoms with Crippen LogP contribution >= 0.6 is 0 Å². The van der Waals surface area contributed by atoms with Gasteiger partial charge in [-0.2, -0.15) is 0 Å². The van der Waals surface area contributed by atoms with E-state index < -0.39 is 30.1 Å². The van der Waals surface area contributed by atoms with E-state index in [2.05, 4.69) is 22.8 Å². The molecular formula is C27H35N3O5. The summed E-state index contributed by atoms with van der Waals surface area (Å²) >= 11 is 0. The molecule has 0 radical (unpaired) electrons. The highest BCUT2D eigenvalue weighted by Crippen LogP contribution is 2.44. The van der Waals surface area contributed by atoms with Crippen molar-refractivity contribution in [2.45, 2.75) is 50.6 Å². The molecule has 8 nitrogen and oxygen atoms in total. The van der Waals surface area contributed by atoms with Gasteiger partial charge >= 0.3 is 12.1 Å². The Hall–Kier alpha value is -3.39. The number of aliphatic carboxylic acids is 1. The number of amides is 2. The molecule has 1 aliphatic rings. The molecular weight excluding hydrogens is 446 g/mol. The van der Waals surface area contributed by atoms with Crippen LogP contribution in [0.15, 0.2) is 48.5 Å². The van der Waals surface area contributed by atoms with E-state index in [9.17, 15) is 14.4 Å². The van der Waals surface area contributed by atoms with Crippen LogP contribution in [0.3, 0.4) is 0 Å². The van der Waals surface area contributed by atoms with Gasteiger partial charge in [-0.25, -0.2) is 4.79 Å². The molecule has 188 valence electrons. The number of carboxylic acid groups (broad SMARTS) is 1. The van der Waals surface area contributed by atoms with E-state index in [0.29, 0.717) is 19.4 Å². The van der Waals surface area contributed by atoms with Gasteiger partial charge in [-0.3, -0.25) is 9.59 Å². The van der Waals surface area contributed by atoms with E-state index in [4.69, 9.17) is 9.84 Å². The number of nitrogens with zero attached hydrogens (tertiary/aromatic N) is 1. The molecule has 2 aromatic carbocycles. The predicted octanol–water partition coefficient (Wildman–Crippen LogP) is 3.61. The number of alkyl carbamates (subject to hydrolysis) is 1. The fraction of sp³-hybridized carbons (Fsp3) is 0.444. The number of benzene rings is 2. The van der Waals surface area contributed by atoms with E-state index in [0.717, 1.165) is 28.7 Å². The van der Waals surface area contributed by atoms with Crippen molar-refractivity contribution in [3.05, 3.63) is 59.7 Å². The van der Waals surface area contributed by atoms with Crippen LogP contribution in [-0.2, 0) is 14.3 Å². The van der Waals surface area contributed by atoms with Gasteiger partial charge < -0.3 is 25.4 Å². The first-order chi connectivity index (χ1) is 16.8. The Morgan fingerprint density at radius 3 is 2.11 bits per heavy atom. The molecule has 0 aromatic heterocycles. The van der Waals surface area contributed by atoms with Crippen molar-refractivity contribution in [1.82, 2.24) is 15.5 Å². The highest BCUT2D eigenvalue weighted by molar-refractivity contribution is 5.86. The molecule has 1 aliphatic carbocycles. The first-order valence-corrected chi connectivity index (χ1v) is 12.1. The molecule has 2 amide bonds. The molecule has 3 rings (SSSR count). The number of carboxylic acids is 1. The number of hydrogen-bond acceptors (Lipinski definition) is 5. The quantitative estimate of drug-likeness (QED) is 0.428. The van der Waals surface area contributed by atoms with Crippen LogP contribution in [0, 0.1) is 0 Å². The van der Waals surface area contributed by atoms with Gasteiger partial charge in [0.1, 0.15) is 12.6 Å². The van der Waals surface area contributed by atoms with Gasteiger partial charge in [0.2, 0.25) is 5.91 Å². The first kappa shape index (κ1) is 26.2. The second-order valence-corrected chi connectivity index (χ2v) is 9.21. The zero-order chi connectivity index (χ0) is 25.4. The lowest BCUT2D eigenvalue weighted by atomic mass is 9.98. The summed E-state index contributed by atoms with van der Waals surface area (Å²) in [6.45, 7) is 2.65. The second-order valence-electron chi connectivity index (χ2n) is 9.21. The van der Waals surface area contributed by atoms with Gasteiger partial charge in [-0.05, 0) is 55.7 Å². The standard InChI is InChI=1S/C27H35N3O5/c1-4-9-18(16-25(31)32)28-26(33)24(14-15-30(2)3)29-27(34)35-17-23-21-12-7-5-10-19(21)20-11-6-8-13-22(20)23/h5-8,10-13,18,23-24H,4,9,14-17H2,1-3H3,(H,28,33)(H,29,34)(H,31,32)/t18-,24?/m0/s1. The number of carbonyl (C=O) groups is 3. The maximum atomic E-state index is 13.0. The van der Waals surface area contributed by atoms with Crippen LogP contribution in [-0.4, -0.2) is 67.3 Å². The van der Waals surface area contributed by atoms with Crippen molar-refractivity contribution in [2.24, 2.45) is 0 Å². The maximum Gasteiger partial charge on any atom is 0.407 e. The van der Waals surface area contributed by atoms with Gasteiger partial charge in [-0.1, -0.05) is 61.9 Å². The highest BCUT2D eigenvalue weighted by atomic mass is 16.5. The largest absolute Gasteiger partial charge is 0.481 e. The van der Waals surface area contributed by atoms with Crippen molar-refractivity contribution in [1.29, 1.82) is 0 Å². The minimum absolute atomic E-state index is 0.0771. The number of carbonyl (C=O) groups excluding carboxylic acids is 2. The minimum Gasteiger partial charge on any atom is -0.481 e. The zero-order valence-electron chi connectivity index (χ0n) is 20.6. The predicted molar refractivity (Wildman–Crippen MR) is 134 cm³/mol. The van der Waals surface area contributed by atoms with Gasteiger partial charge in [-0.15, -0.1) is 0 Å². The third-order valence-electron chi connectivity index (χ3n) is 6.22.